The van der Waals surface area contributed by atoms with Crippen LogP contribution in [0.2, 0.25) is 0 Å². The molecular formula is C11H15BrN2O2. The van der Waals surface area contributed by atoms with E-state index in [0.717, 1.165) is 15.9 Å². The molecule has 1 amide bonds. The summed E-state index contributed by atoms with van der Waals surface area (Å²) in [5.41, 5.74) is 0.842. The summed E-state index contributed by atoms with van der Waals surface area (Å²) in [6, 6.07) is 5.57. The van der Waals surface area contributed by atoms with E-state index in [9.17, 15) is 4.79 Å². The first-order chi connectivity index (χ1) is 7.54. The van der Waals surface area contributed by atoms with Gasteiger partial charge in [-0.25, -0.2) is 0 Å². The third-order valence-electron chi connectivity index (χ3n) is 2.10. The second-order valence-corrected chi connectivity index (χ2v) is 4.34. The molecule has 0 bridgehead atoms. The van der Waals surface area contributed by atoms with Crippen LogP contribution in [-0.4, -0.2) is 38.6 Å². The van der Waals surface area contributed by atoms with Gasteiger partial charge in [0.15, 0.2) is 0 Å². The fourth-order valence-electron chi connectivity index (χ4n) is 1.10. The third kappa shape index (κ3) is 3.41. The number of rotatable bonds is 4. The van der Waals surface area contributed by atoms with Crippen LogP contribution >= 0.6 is 15.9 Å². The number of halogens is 1. The van der Waals surface area contributed by atoms with Gasteiger partial charge in [0.25, 0.3) is 0 Å². The van der Waals surface area contributed by atoms with Crippen molar-refractivity contribution < 1.29 is 9.53 Å². The van der Waals surface area contributed by atoms with E-state index in [0.29, 0.717) is 0 Å². The van der Waals surface area contributed by atoms with Crippen molar-refractivity contribution in [2.45, 2.75) is 0 Å². The van der Waals surface area contributed by atoms with Gasteiger partial charge in [0, 0.05) is 24.6 Å². The van der Waals surface area contributed by atoms with Crippen molar-refractivity contribution in [1.29, 1.82) is 0 Å². The molecule has 1 rings (SSSR count). The molecule has 1 aromatic carbocycles. The van der Waals surface area contributed by atoms with Crippen LogP contribution in [0.3, 0.4) is 0 Å². The summed E-state index contributed by atoms with van der Waals surface area (Å²) in [5.74, 6) is 0.776. The average molecular weight is 287 g/mol. The number of nitrogens with one attached hydrogen (secondary N) is 1. The van der Waals surface area contributed by atoms with E-state index in [1.165, 1.54) is 0 Å². The van der Waals surface area contributed by atoms with Crippen LogP contribution < -0.4 is 10.1 Å². The first-order valence-electron chi connectivity index (χ1n) is 4.82. The molecule has 88 valence electrons. The molecule has 0 spiro atoms. The number of benzene rings is 1. The number of amides is 1. The highest BCUT2D eigenvalue weighted by molar-refractivity contribution is 9.10. The van der Waals surface area contributed by atoms with Crippen LogP contribution in [-0.2, 0) is 4.79 Å². The molecule has 0 fully saturated rings. The number of hydrogen-bond acceptors (Lipinski definition) is 3. The molecular weight excluding hydrogens is 272 g/mol. The Morgan fingerprint density at radius 2 is 2.19 bits per heavy atom. The quantitative estimate of drug-likeness (QED) is 0.920. The fraction of sp³-hybridized carbons (Fsp3) is 0.364. The molecule has 0 aliphatic rings. The molecule has 0 unspecified atom stereocenters. The number of hydrogen-bond donors (Lipinski definition) is 1. The molecule has 0 saturated carbocycles. The molecule has 0 aliphatic carbocycles. The Morgan fingerprint density at radius 3 is 2.75 bits per heavy atom. The molecule has 0 saturated heterocycles. The topological polar surface area (TPSA) is 41.6 Å². The lowest BCUT2D eigenvalue weighted by Gasteiger charge is -2.13. The van der Waals surface area contributed by atoms with Gasteiger partial charge in [-0.15, -0.1) is 0 Å². The summed E-state index contributed by atoms with van der Waals surface area (Å²) in [7, 11) is 5.06. The zero-order chi connectivity index (χ0) is 12.1. The number of likely N-dealkylation sites (N-methyl/N-ethyl adjacent to an activating group) is 1. The molecule has 0 atom stereocenters. The van der Waals surface area contributed by atoms with Gasteiger partial charge in [0.05, 0.1) is 19.3 Å². The summed E-state index contributed by atoms with van der Waals surface area (Å²) in [6.45, 7) is 0.263. The van der Waals surface area contributed by atoms with E-state index in [1.807, 2.05) is 18.2 Å². The monoisotopic (exact) mass is 286 g/mol. The van der Waals surface area contributed by atoms with Crippen LogP contribution in [0.25, 0.3) is 0 Å². The molecule has 0 radical (unpaired) electrons. The third-order valence-corrected chi connectivity index (χ3v) is 2.79. The highest BCUT2D eigenvalue weighted by atomic mass is 79.9. The van der Waals surface area contributed by atoms with Crippen molar-refractivity contribution in [3.8, 4) is 5.75 Å². The van der Waals surface area contributed by atoms with Gasteiger partial charge in [-0.1, -0.05) is 0 Å². The Bertz CT molecular complexity index is 380. The maximum Gasteiger partial charge on any atom is 0.241 e. The number of nitrogens with zero attached hydrogens (tertiary/aromatic N) is 1. The highest BCUT2D eigenvalue weighted by Gasteiger charge is 2.06. The largest absolute Gasteiger partial charge is 0.497 e. The number of methoxy groups -OCH3 is 1. The van der Waals surface area contributed by atoms with Crippen LogP contribution in [0.15, 0.2) is 22.7 Å². The smallest absolute Gasteiger partial charge is 0.241 e. The molecule has 16 heavy (non-hydrogen) atoms. The predicted molar refractivity (Wildman–Crippen MR) is 67.9 cm³/mol. The van der Waals surface area contributed by atoms with E-state index in [4.69, 9.17) is 4.74 Å². The Kier molecular flexibility index (Phi) is 4.61. The minimum Gasteiger partial charge on any atom is -0.497 e. The lowest BCUT2D eigenvalue weighted by Crippen LogP contribution is -2.28. The SMILES string of the molecule is COc1ccc(Br)c(NCC(=O)N(C)C)c1. The Labute approximate surface area is 104 Å². The summed E-state index contributed by atoms with van der Waals surface area (Å²) in [6.07, 6.45) is 0. The minimum absolute atomic E-state index is 0.0229. The van der Waals surface area contributed by atoms with Gasteiger partial charge in [-0.2, -0.15) is 0 Å². The zero-order valence-corrected chi connectivity index (χ0v) is 11.2. The number of ether oxygens (including phenoxy) is 1. The number of anilines is 1. The van der Waals surface area contributed by atoms with Gasteiger partial charge >= 0.3 is 0 Å². The van der Waals surface area contributed by atoms with E-state index in [-0.39, 0.29) is 12.5 Å². The maximum atomic E-state index is 11.4. The predicted octanol–water partition coefficient (Wildman–Crippen LogP) is 1.96. The lowest BCUT2D eigenvalue weighted by atomic mass is 10.3. The van der Waals surface area contributed by atoms with Gasteiger partial charge < -0.3 is 15.0 Å². The standard InChI is InChI=1S/C11H15BrN2O2/c1-14(2)11(15)7-13-10-6-8(16-3)4-5-9(10)12/h4-6,13H,7H2,1-3H3. The molecule has 0 aromatic heterocycles. The van der Waals surface area contributed by atoms with Gasteiger partial charge in [-0.05, 0) is 28.1 Å². The number of carbonyl (C=O) groups excluding carboxylic acids is 1. The van der Waals surface area contributed by atoms with Crippen molar-refractivity contribution in [2.24, 2.45) is 0 Å². The van der Waals surface area contributed by atoms with Gasteiger partial charge in [0.1, 0.15) is 5.75 Å². The number of carbonyl (C=O) groups is 1. The van der Waals surface area contributed by atoms with E-state index < -0.39 is 0 Å². The summed E-state index contributed by atoms with van der Waals surface area (Å²) in [4.78, 5) is 12.9. The van der Waals surface area contributed by atoms with Crippen molar-refractivity contribution in [3.63, 3.8) is 0 Å². The Balaban J connectivity index is 2.69. The van der Waals surface area contributed by atoms with Crippen molar-refractivity contribution in [3.05, 3.63) is 22.7 Å². The van der Waals surface area contributed by atoms with Crippen LogP contribution in [0.1, 0.15) is 0 Å². The first kappa shape index (κ1) is 12.8. The van der Waals surface area contributed by atoms with Crippen molar-refractivity contribution in [2.75, 3.05) is 33.1 Å². The molecule has 5 heteroatoms. The second kappa shape index (κ2) is 5.75. The second-order valence-electron chi connectivity index (χ2n) is 3.49. The highest BCUT2D eigenvalue weighted by Crippen LogP contribution is 2.26. The van der Waals surface area contributed by atoms with Crippen molar-refractivity contribution in [1.82, 2.24) is 4.90 Å². The van der Waals surface area contributed by atoms with Crippen LogP contribution in [0.4, 0.5) is 5.69 Å². The molecule has 1 aromatic rings. The van der Waals surface area contributed by atoms with E-state index in [1.54, 1.807) is 26.1 Å². The normalized spacial score (nSPS) is 9.75. The van der Waals surface area contributed by atoms with Crippen molar-refractivity contribution >= 4 is 27.5 Å². The first-order valence-corrected chi connectivity index (χ1v) is 5.61. The van der Waals surface area contributed by atoms with Gasteiger partial charge in [-0.3, -0.25) is 4.79 Å². The Morgan fingerprint density at radius 1 is 1.50 bits per heavy atom. The van der Waals surface area contributed by atoms with E-state index in [2.05, 4.69) is 21.2 Å². The molecule has 0 aliphatic heterocycles. The average Bonchev–Trinajstić information content (AvgIpc) is 2.27. The Hall–Kier alpha value is -1.23. The van der Waals surface area contributed by atoms with E-state index >= 15 is 0 Å². The van der Waals surface area contributed by atoms with Crippen LogP contribution in [0.5, 0.6) is 5.75 Å². The van der Waals surface area contributed by atoms with Gasteiger partial charge in [0.2, 0.25) is 5.91 Å². The maximum absolute atomic E-state index is 11.4. The summed E-state index contributed by atoms with van der Waals surface area (Å²) >= 11 is 3.40. The molecule has 1 N–H and O–H groups in total. The zero-order valence-electron chi connectivity index (χ0n) is 9.58. The summed E-state index contributed by atoms with van der Waals surface area (Å²) < 4.78 is 6.01. The molecule has 4 nitrogen and oxygen atoms in total. The molecule has 0 heterocycles. The lowest BCUT2D eigenvalue weighted by molar-refractivity contribution is -0.126. The fourth-order valence-corrected chi connectivity index (χ4v) is 1.48. The summed E-state index contributed by atoms with van der Waals surface area (Å²) in [5, 5.41) is 3.05. The van der Waals surface area contributed by atoms with Crippen LogP contribution in [0, 0.1) is 0 Å². The minimum atomic E-state index is 0.0229.